The van der Waals surface area contributed by atoms with Gasteiger partial charge in [-0.1, -0.05) is 57.5 Å². The third-order valence-corrected chi connectivity index (χ3v) is 2.34. The second-order valence-corrected chi connectivity index (χ2v) is 3.51. The summed E-state index contributed by atoms with van der Waals surface area (Å²) in [7, 11) is 0. The van der Waals surface area contributed by atoms with Gasteiger partial charge in [0.2, 0.25) is 0 Å². The predicted octanol–water partition coefficient (Wildman–Crippen LogP) is 4.78. The Labute approximate surface area is 105 Å². The molecule has 0 aliphatic heterocycles. The summed E-state index contributed by atoms with van der Waals surface area (Å²) < 4.78 is 0. The van der Waals surface area contributed by atoms with E-state index >= 15 is 0 Å². The molecule has 0 aliphatic rings. The van der Waals surface area contributed by atoms with Crippen molar-refractivity contribution in [3.05, 3.63) is 73.0 Å². The minimum atomic E-state index is 0.816. The maximum Gasteiger partial charge on any atom is 0.0730 e. The van der Waals surface area contributed by atoms with Crippen LogP contribution < -0.4 is 0 Å². The molecular weight excluding hydrogens is 206 g/mol. The molecule has 17 heavy (non-hydrogen) atoms. The molecule has 0 saturated carbocycles. The Bertz CT molecular complexity index is 403. The smallest absolute Gasteiger partial charge is 0.0730 e. The first-order valence-corrected chi connectivity index (χ1v) is 5.61. The van der Waals surface area contributed by atoms with Crippen molar-refractivity contribution >= 4 is 6.21 Å². The van der Waals surface area contributed by atoms with Crippen LogP contribution in [0.25, 0.3) is 0 Å². The van der Waals surface area contributed by atoms with Crippen LogP contribution in [0.3, 0.4) is 0 Å². The van der Waals surface area contributed by atoms with Crippen molar-refractivity contribution in [1.29, 1.82) is 0 Å². The van der Waals surface area contributed by atoms with Gasteiger partial charge in [0, 0.05) is 6.21 Å². The van der Waals surface area contributed by atoms with Gasteiger partial charge in [0.15, 0.2) is 0 Å². The average molecular weight is 227 g/mol. The molecule has 0 radical (unpaired) electrons. The largest absolute Gasteiger partial charge is 0.256 e. The highest BCUT2D eigenvalue weighted by molar-refractivity contribution is 5.72. The second kappa shape index (κ2) is 8.28. The van der Waals surface area contributed by atoms with Crippen molar-refractivity contribution in [3.8, 4) is 0 Å². The van der Waals surface area contributed by atoms with Crippen LogP contribution >= 0.6 is 0 Å². The molecule has 0 amide bonds. The van der Waals surface area contributed by atoms with E-state index < -0.39 is 0 Å². The summed E-state index contributed by atoms with van der Waals surface area (Å²) in [6.45, 7) is 19.2. The Morgan fingerprint density at radius 3 is 2.24 bits per heavy atom. The summed E-state index contributed by atoms with van der Waals surface area (Å²) in [6.07, 6.45) is 9.66. The lowest BCUT2D eigenvalue weighted by atomic mass is 9.99. The predicted molar refractivity (Wildman–Crippen MR) is 79.3 cm³/mol. The minimum absolute atomic E-state index is 0.816. The summed E-state index contributed by atoms with van der Waals surface area (Å²) in [5, 5.41) is 0. The van der Waals surface area contributed by atoms with Crippen molar-refractivity contribution < 1.29 is 0 Å². The van der Waals surface area contributed by atoms with Crippen LogP contribution in [0.1, 0.15) is 20.3 Å². The first-order chi connectivity index (χ1) is 8.12. The molecule has 0 spiro atoms. The highest BCUT2D eigenvalue weighted by atomic mass is 14.7. The van der Waals surface area contributed by atoms with Crippen molar-refractivity contribution in [2.45, 2.75) is 20.3 Å². The molecule has 0 bridgehead atoms. The minimum Gasteiger partial charge on any atom is -0.256 e. The fraction of sp³-hybridized carbons (Fsp3) is 0.188. The molecule has 0 aromatic rings. The third-order valence-electron chi connectivity index (χ3n) is 2.34. The van der Waals surface area contributed by atoms with E-state index in [1.807, 2.05) is 13.0 Å². The zero-order valence-corrected chi connectivity index (χ0v) is 10.9. The second-order valence-electron chi connectivity index (χ2n) is 3.51. The lowest BCUT2D eigenvalue weighted by Gasteiger charge is -2.11. The van der Waals surface area contributed by atoms with Gasteiger partial charge >= 0.3 is 0 Å². The fourth-order valence-electron chi connectivity index (χ4n) is 1.49. The average Bonchev–Trinajstić information content (AvgIpc) is 2.33. The number of hydrogen-bond donors (Lipinski definition) is 0. The van der Waals surface area contributed by atoms with Crippen LogP contribution in [-0.4, -0.2) is 6.21 Å². The standard InChI is InChI=1S/C16H21N/c1-7-11-14(6)15(10-4)16(13(5)9-3)17-12-8-2/h7-9,11-12H,1-3,5,10H2,4,6H3/b14-11-,16-15+,17-12-. The molecule has 0 saturated heterocycles. The SMILES string of the molecule is C=C\C=N/C(C(=C)C=C)=C(CC)/C(C)=C\C=C. The van der Waals surface area contributed by atoms with Crippen molar-refractivity contribution in [1.82, 2.24) is 0 Å². The molecule has 90 valence electrons. The van der Waals surface area contributed by atoms with Gasteiger partial charge in [0.1, 0.15) is 0 Å². The molecule has 0 unspecified atom stereocenters. The lowest BCUT2D eigenvalue weighted by Crippen LogP contribution is -1.93. The molecule has 0 N–H and O–H groups in total. The molecule has 0 aromatic carbocycles. The summed E-state index contributed by atoms with van der Waals surface area (Å²) in [6, 6.07) is 0. The van der Waals surface area contributed by atoms with E-state index in [-0.39, 0.29) is 0 Å². The van der Waals surface area contributed by atoms with Gasteiger partial charge in [0.25, 0.3) is 0 Å². The van der Waals surface area contributed by atoms with Crippen LogP contribution in [0.15, 0.2) is 78.0 Å². The number of hydrogen-bond acceptors (Lipinski definition) is 1. The Kier molecular flexibility index (Phi) is 7.36. The maximum absolute atomic E-state index is 4.38. The number of aliphatic imine (C=N–C) groups is 1. The van der Waals surface area contributed by atoms with Crippen molar-refractivity contribution in [2.75, 3.05) is 0 Å². The van der Waals surface area contributed by atoms with E-state index in [4.69, 9.17) is 0 Å². The van der Waals surface area contributed by atoms with E-state index in [0.717, 1.165) is 28.8 Å². The quantitative estimate of drug-likeness (QED) is 0.438. The van der Waals surface area contributed by atoms with E-state index in [2.05, 4.69) is 38.2 Å². The van der Waals surface area contributed by atoms with Crippen molar-refractivity contribution in [2.24, 2.45) is 4.99 Å². The van der Waals surface area contributed by atoms with Crippen LogP contribution in [-0.2, 0) is 0 Å². The Morgan fingerprint density at radius 2 is 1.82 bits per heavy atom. The van der Waals surface area contributed by atoms with Crippen LogP contribution in [0, 0.1) is 0 Å². The monoisotopic (exact) mass is 227 g/mol. The summed E-state index contributed by atoms with van der Waals surface area (Å²) in [5.41, 5.74) is 3.96. The highest BCUT2D eigenvalue weighted by Gasteiger charge is 2.07. The van der Waals surface area contributed by atoms with E-state index in [0.29, 0.717) is 0 Å². The van der Waals surface area contributed by atoms with Gasteiger partial charge in [-0.3, -0.25) is 4.99 Å². The Morgan fingerprint density at radius 1 is 1.18 bits per heavy atom. The maximum atomic E-state index is 4.38. The molecule has 0 rings (SSSR count). The highest BCUT2D eigenvalue weighted by Crippen LogP contribution is 2.24. The molecule has 0 aromatic heterocycles. The molecule has 0 fully saturated rings. The van der Waals surface area contributed by atoms with E-state index in [1.165, 1.54) is 0 Å². The Balaban J connectivity index is 5.74. The zero-order chi connectivity index (χ0) is 13.3. The molecular formula is C16H21N. The van der Waals surface area contributed by atoms with Gasteiger partial charge in [-0.25, -0.2) is 0 Å². The number of allylic oxidation sites excluding steroid dienone is 6. The van der Waals surface area contributed by atoms with Gasteiger partial charge in [0.05, 0.1) is 5.70 Å². The zero-order valence-electron chi connectivity index (χ0n) is 10.9. The van der Waals surface area contributed by atoms with Gasteiger partial charge in [-0.15, -0.1) is 0 Å². The first kappa shape index (κ1) is 15.1. The topological polar surface area (TPSA) is 12.4 Å². The van der Waals surface area contributed by atoms with Gasteiger partial charge in [-0.05, 0) is 30.1 Å². The summed E-state index contributed by atoms with van der Waals surface area (Å²) in [5.74, 6) is 0. The van der Waals surface area contributed by atoms with Crippen molar-refractivity contribution in [3.63, 3.8) is 0 Å². The molecule has 0 atom stereocenters. The summed E-state index contributed by atoms with van der Waals surface area (Å²) >= 11 is 0. The Hall–Kier alpha value is -1.89. The van der Waals surface area contributed by atoms with Crippen LogP contribution in [0.4, 0.5) is 0 Å². The lowest BCUT2D eigenvalue weighted by molar-refractivity contribution is 1.06. The van der Waals surface area contributed by atoms with Gasteiger partial charge in [-0.2, -0.15) is 0 Å². The van der Waals surface area contributed by atoms with Crippen LogP contribution in [0.5, 0.6) is 0 Å². The third kappa shape index (κ3) is 4.64. The number of rotatable bonds is 7. The number of nitrogens with zero attached hydrogens (tertiary/aromatic N) is 1. The van der Waals surface area contributed by atoms with E-state index in [9.17, 15) is 0 Å². The molecule has 0 heterocycles. The van der Waals surface area contributed by atoms with Crippen LogP contribution in [0.2, 0.25) is 0 Å². The fourth-order valence-corrected chi connectivity index (χ4v) is 1.49. The molecule has 1 nitrogen and oxygen atoms in total. The van der Waals surface area contributed by atoms with Gasteiger partial charge < -0.3 is 0 Å². The first-order valence-electron chi connectivity index (χ1n) is 5.61. The molecule has 0 aliphatic carbocycles. The normalized spacial score (nSPS) is 13.2. The summed E-state index contributed by atoms with van der Waals surface area (Å²) in [4.78, 5) is 4.38. The molecule has 1 heteroatoms. The van der Waals surface area contributed by atoms with E-state index in [1.54, 1.807) is 24.4 Å².